The van der Waals surface area contributed by atoms with Gasteiger partial charge in [0.2, 0.25) is 5.91 Å². The highest BCUT2D eigenvalue weighted by Crippen LogP contribution is 2.47. The van der Waals surface area contributed by atoms with E-state index < -0.39 is 12.8 Å². The number of anilines is 1. The first-order chi connectivity index (χ1) is 14.9. The molecule has 0 N–H and O–H groups in total. The maximum atomic E-state index is 14.0. The minimum atomic E-state index is -0.661. The van der Waals surface area contributed by atoms with Crippen LogP contribution in [0.15, 0.2) is 18.2 Å². The van der Waals surface area contributed by atoms with Gasteiger partial charge in [0.1, 0.15) is 19.1 Å². The Hall–Kier alpha value is -2.22. The predicted molar refractivity (Wildman–Crippen MR) is 113 cm³/mol. The molecule has 0 bridgehead atoms. The van der Waals surface area contributed by atoms with Gasteiger partial charge in [0, 0.05) is 43.7 Å². The highest BCUT2D eigenvalue weighted by Gasteiger charge is 2.46. The van der Waals surface area contributed by atoms with Gasteiger partial charge in [-0.05, 0) is 69.0 Å². The van der Waals surface area contributed by atoms with Gasteiger partial charge in [0.05, 0.1) is 0 Å². The number of alkyl halides is 1. The number of carbonyl (C=O) groups is 2. The zero-order chi connectivity index (χ0) is 22.0. The summed E-state index contributed by atoms with van der Waals surface area (Å²) in [6.07, 6.45) is 4.10. The molecule has 2 amide bonds. The number of halogens is 2. The van der Waals surface area contributed by atoms with Crippen LogP contribution in [0.1, 0.15) is 44.6 Å². The Kier molecular flexibility index (Phi) is 6.46. The molecule has 6 nitrogen and oxygen atoms in total. The summed E-state index contributed by atoms with van der Waals surface area (Å²) in [6.45, 7) is 4.36. The molecule has 0 radical (unpaired) electrons. The van der Waals surface area contributed by atoms with E-state index >= 15 is 0 Å². The lowest BCUT2D eigenvalue weighted by Crippen LogP contribution is -2.49. The molecule has 4 rings (SSSR count). The molecule has 1 spiro atoms. The largest absolute Gasteiger partial charge is 0.447 e. The molecule has 2 fully saturated rings. The van der Waals surface area contributed by atoms with Gasteiger partial charge in [0.25, 0.3) is 0 Å². The molecule has 1 aromatic carbocycles. The number of hydrogen-bond donors (Lipinski definition) is 0. The van der Waals surface area contributed by atoms with Crippen molar-refractivity contribution in [3.63, 3.8) is 0 Å². The second-order valence-electron chi connectivity index (χ2n) is 8.96. The summed E-state index contributed by atoms with van der Waals surface area (Å²) in [7, 11) is 0. The van der Waals surface area contributed by atoms with Gasteiger partial charge >= 0.3 is 6.09 Å². The highest BCUT2D eigenvalue weighted by atomic mass is 19.1. The highest BCUT2D eigenvalue weighted by molar-refractivity contribution is 5.94. The topological polar surface area (TPSA) is 53.1 Å². The number of benzene rings is 1. The number of nitrogens with zero attached hydrogens (tertiary/aromatic N) is 3. The fraction of sp³-hybridized carbons (Fsp3) is 0.652. The third-order valence-electron chi connectivity index (χ3n) is 7.19. The number of rotatable bonds is 3. The standard InChI is InChI=1S/C23H31F2N3O3/c1-17(29)28-16-23(20-15-18(25)4-5-21(20)28)7-12-26(13-8-23)19-3-2-10-27(11-6-19)22(30)31-14-9-24/h4-5,15,19H,2-3,6-14,16H2,1H3. The molecule has 31 heavy (non-hydrogen) atoms. The summed E-state index contributed by atoms with van der Waals surface area (Å²) >= 11 is 0. The van der Waals surface area contributed by atoms with Gasteiger partial charge < -0.3 is 19.4 Å². The van der Waals surface area contributed by atoms with Crippen LogP contribution in [0.25, 0.3) is 0 Å². The fourth-order valence-corrected chi connectivity index (χ4v) is 5.51. The van der Waals surface area contributed by atoms with Crippen molar-refractivity contribution in [3.05, 3.63) is 29.6 Å². The van der Waals surface area contributed by atoms with Crippen LogP contribution in [0.5, 0.6) is 0 Å². The summed E-state index contributed by atoms with van der Waals surface area (Å²) in [5, 5.41) is 0. The van der Waals surface area contributed by atoms with Crippen molar-refractivity contribution >= 4 is 17.7 Å². The lowest BCUT2D eigenvalue weighted by atomic mass is 9.74. The molecule has 1 unspecified atom stereocenters. The molecule has 3 aliphatic rings. The molecule has 0 saturated carbocycles. The average Bonchev–Trinajstić information content (AvgIpc) is 2.91. The van der Waals surface area contributed by atoms with E-state index in [2.05, 4.69) is 4.90 Å². The summed E-state index contributed by atoms with van der Waals surface area (Å²) in [5.41, 5.74) is 1.62. The van der Waals surface area contributed by atoms with Crippen LogP contribution in [-0.4, -0.2) is 73.8 Å². The maximum absolute atomic E-state index is 14.0. The Morgan fingerprint density at radius 3 is 2.65 bits per heavy atom. The lowest BCUT2D eigenvalue weighted by Gasteiger charge is -2.43. The van der Waals surface area contributed by atoms with Crippen molar-refractivity contribution in [2.75, 3.05) is 50.9 Å². The first kappa shape index (κ1) is 22.0. The number of piperidine rings is 1. The Morgan fingerprint density at radius 2 is 1.94 bits per heavy atom. The van der Waals surface area contributed by atoms with Crippen LogP contribution in [0.3, 0.4) is 0 Å². The van der Waals surface area contributed by atoms with Crippen LogP contribution in [0.4, 0.5) is 19.3 Å². The number of fused-ring (bicyclic) bond motifs is 2. The summed E-state index contributed by atoms with van der Waals surface area (Å²) in [6, 6.07) is 5.16. The van der Waals surface area contributed by atoms with Crippen molar-refractivity contribution in [1.82, 2.24) is 9.80 Å². The SMILES string of the molecule is CC(=O)N1CC2(CCN(C3CCCN(C(=O)OCCF)CC3)CC2)c2cc(F)ccc21. The first-order valence-electron chi connectivity index (χ1n) is 11.2. The van der Waals surface area contributed by atoms with E-state index in [9.17, 15) is 18.4 Å². The van der Waals surface area contributed by atoms with Gasteiger partial charge in [-0.3, -0.25) is 4.79 Å². The second-order valence-corrected chi connectivity index (χ2v) is 8.96. The molecule has 0 aliphatic carbocycles. The fourth-order valence-electron chi connectivity index (χ4n) is 5.51. The molecule has 1 aromatic rings. The lowest BCUT2D eigenvalue weighted by molar-refractivity contribution is -0.116. The maximum Gasteiger partial charge on any atom is 0.409 e. The quantitative estimate of drug-likeness (QED) is 0.730. The molecular weight excluding hydrogens is 404 g/mol. The molecule has 1 atom stereocenters. The molecule has 3 heterocycles. The minimum Gasteiger partial charge on any atom is -0.447 e. The second kappa shape index (κ2) is 9.10. The van der Waals surface area contributed by atoms with E-state index in [-0.39, 0.29) is 23.7 Å². The monoisotopic (exact) mass is 435 g/mol. The molecule has 3 aliphatic heterocycles. The zero-order valence-electron chi connectivity index (χ0n) is 18.1. The normalized spacial score (nSPS) is 23.5. The van der Waals surface area contributed by atoms with Crippen LogP contribution >= 0.6 is 0 Å². The van der Waals surface area contributed by atoms with Crippen LogP contribution < -0.4 is 4.90 Å². The van der Waals surface area contributed by atoms with E-state index in [0.717, 1.165) is 56.4 Å². The summed E-state index contributed by atoms with van der Waals surface area (Å²) in [5.74, 6) is -0.259. The summed E-state index contributed by atoms with van der Waals surface area (Å²) in [4.78, 5) is 30.2. The van der Waals surface area contributed by atoms with Crippen molar-refractivity contribution in [2.45, 2.75) is 50.5 Å². The number of amides is 2. The third-order valence-corrected chi connectivity index (χ3v) is 7.19. The Labute approximate surface area is 182 Å². The van der Waals surface area contributed by atoms with Crippen LogP contribution in [0, 0.1) is 5.82 Å². The Bertz CT molecular complexity index is 826. The van der Waals surface area contributed by atoms with Crippen molar-refractivity contribution in [3.8, 4) is 0 Å². The Morgan fingerprint density at radius 1 is 1.16 bits per heavy atom. The van der Waals surface area contributed by atoms with Crippen molar-refractivity contribution < 1.29 is 23.1 Å². The molecule has 170 valence electrons. The number of hydrogen-bond acceptors (Lipinski definition) is 4. The van der Waals surface area contributed by atoms with Gasteiger partial charge in [-0.2, -0.15) is 0 Å². The molecule has 2 saturated heterocycles. The number of ether oxygens (including phenoxy) is 1. The predicted octanol–water partition coefficient (Wildman–Crippen LogP) is 3.49. The van der Waals surface area contributed by atoms with Gasteiger partial charge in [-0.1, -0.05) is 0 Å². The van der Waals surface area contributed by atoms with Gasteiger partial charge in [0.15, 0.2) is 0 Å². The van der Waals surface area contributed by atoms with E-state index in [0.29, 0.717) is 25.7 Å². The minimum absolute atomic E-state index is 0.00401. The first-order valence-corrected chi connectivity index (χ1v) is 11.2. The molecule has 0 aromatic heterocycles. The number of carbonyl (C=O) groups excluding carboxylic acids is 2. The average molecular weight is 436 g/mol. The van der Waals surface area contributed by atoms with Crippen molar-refractivity contribution in [2.24, 2.45) is 0 Å². The van der Waals surface area contributed by atoms with Gasteiger partial charge in [-0.15, -0.1) is 0 Å². The van der Waals surface area contributed by atoms with E-state index in [4.69, 9.17) is 4.74 Å². The Balaban J connectivity index is 1.40. The van der Waals surface area contributed by atoms with Crippen LogP contribution in [-0.2, 0) is 14.9 Å². The van der Waals surface area contributed by atoms with Crippen molar-refractivity contribution in [1.29, 1.82) is 0 Å². The smallest absolute Gasteiger partial charge is 0.409 e. The molecule has 8 heteroatoms. The van der Waals surface area contributed by atoms with Gasteiger partial charge in [-0.25, -0.2) is 13.6 Å². The molecular formula is C23H31F2N3O3. The third kappa shape index (κ3) is 4.40. The summed E-state index contributed by atoms with van der Waals surface area (Å²) < 4.78 is 31.3. The number of likely N-dealkylation sites (tertiary alicyclic amines) is 2. The van der Waals surface area contributed by atoms with E-state index in [1.165, 1.54) is 6.07 Å². The van der Waals surface area contributed by atoms with Crippen LogP contribution in [0.2, 0.25) is 0 Å². The van der Waals surface area contributed by atoms with E-state index in [1.54, 1.807) is 28.9 Å². The van der Waals surface area contributed by atoms with E-state index in [1.807, 2.05) is 0 Å². The zero-order valence-corrected chi connectivity index (χ0v) is 18.1.